The summed E-state index contributed by atoms with van der Waals surface area (Å²) in [7, 11) is -2.56. The Bertz CT molecular complexity index is 1310. The molecule has 0 saturated carbocycles. The van der Waals surface area contributed by atoms with E-state index in [0.717, 1.165) is 33.5 Å². The molecular weight excluding hydrogens is 498 g/mol. The first-order valence-corrected chi connectivity index (χ1v) is 13.7. The molecule has 0 aliphatic carbocycles. The van der Waals surface area contributed by atoms with Gasteiger partial charge >= 0.3 is 0 Å². The lowest BCUT2D eigenvalue weighted by Crippen LogP contribution is -2.50. The number of nitrogens with one attached hydrogen (secondary N) is 1. The summed E-state index contributed by atoms with van der Waals surface area (Å²) >= 11 is 5.99. The number of halogens is 1. The van der Waals surface area contributed by atoms with Crippen LogP contribution in [-0.2, 0) is 26.2 Å². The molecule has 0 aliphatic rings. The van der Waals surface area contributed by atoms with Gasteiger partial charge in [0.1, 0.15) is 6.04 Å². The van der Waals surface area contributed by atoms with Crippen LogP contribution in [0.5, 0.6) is 0 Å². The number of hydrogen-bond acceptors (Lipinski definition) is 4. The lowest BCUT2D eigenvalue weighted by atomic mass is 10.1. The molecule has 192 valence electrons. The second-order valence-electron chi connectivity index (χ2n) is 8.74. The highest BCUT2D eigenvalue weighted by Crippen LogP contribution is 2.22. The first-order chi connectivity index (χ1) is 17.1. The van der Waals surface area contributed by atoms with Gasteiger partial charge in [-0.05, 0) is 53.9 Å². The Hall–Kier alpha value is -2.94. The van der Waals surface area contributed by atoms with Crippen molar-refractivity contribution in [1.29, 1.82) is 0 Å². The zero-order chi connectivity index (χ0) is 26.3. The molecule has 9 heteroatoms. The van der Waals surface area contributed by atoms with Crippen LogP contribution in [0.25, 0.3) is 10.8 Å². The van der Waals surface area contributed by atoms with E-state index < -0.39 is 28.5 Å². The maximum absolute atomic E-state index is 13.4. The van der Waals surface area contributed by atoms with E-state index in [1.165, 1.54) is 18.0 Å². The van der Waals surface area contributed by atoms with Crippen molar-refractivity contribution in [2.45, 2.75) is 44.2 Å². The van der Waals surface area contributed by atoms with Gasteiger partial charge in [0.05, 0.1) is 11.4 Å². The largest absolute Gasteiger partial charge is 0.354 e. The van der Waals surface area contributed by atoms with Crippen molar-refractivity contribution < 1.29 is 18.0 Å². The first kappa shape index (κ1) is 27.6. The number of unbranched alkanes of at least 4 members (excludes halogenated alkanes) is 1. The average Bonchev–Trinajstić information content (AvgIpc) is 2.87. The second kappa shape index (κ2) is 12.3. The van der Waals surface area contributed by atoms with E-state index in [4.69, 9.17) is 11.6 Å². The summed E-state index contributed by atoms with van der Waals surface area (Å²) in [5.74, 6) is -0.763. The van der Waals surface area contributed by atoms with Crippen molar-refractivity contribution >= 4 is 44.2 Å². The molecule has 3 aromatic rings. The van der Waals surface area contributed by atoms with Gasteiger partial charge in [-0.2, -0.15) is 4.31 Å². The van der Waals surface area contributed by atoms with E-state index in [9.17, 15) is 18.0 Å². The highest BCUT2D eigenvalue weighted by molar-refractivity contribution is 7.89. The fourth-order valence-corrected chi connectivity index (χ4v) is 5.06. The number of carbonyl (C=O) groups is 2. The molecule has 0 spiro atoms. The van der Waals surface area contributed by atoms with Gasteiger partial charge < -0.3 is 10.2 Å². The molecule has 0 heterocycles. The Morgan fingerprint density at radius 3 is 2.33 bits per heavy atom. The van der Waals surface area contributed by atoms with E-state index in [-0.39, 0.29) is 17.3 Å². The Kier molecular flexibility index (Phi) is 9.48. The number of benzene rings is 3. The summed E-state index contributed by atoms with van der Waals surface area (Å²) in [4.78, 5) is 27.7. The van der Waals surface area contributed by atoms with Gasteiger partial charge in [0.2, 0.25) is 21.8 Å². The van der Waals surface area contributed by atoms with Crippen LogP contribution in [0.1, 0.15) is 32.3 Å². The van der Waals surface area contributed by atoms with Crippen molar-refractivity contribution in [2.24, 2.45) is 0 Å². The Balaban J connectivity index is 1.81. The first-order valence-electron chi connectivity index (χ1n) is 11.9. The van der Waals surface area contributed by atoms with E-state index >= 15 is 0 Å². The van der Waals surface area contributed by atoms with Crippen LogP contribution in [0.4, 0.5) is 0 Å². The van der Waals surface area contributed by atoms with E-state index in [0.29, 0.717) is 11.6 Å². The van der Waals surface area contributed by atoms with E-state index in [1.54, 1.807) is 43.3 Å². The smallest absolute Gasteiger partial charge is 0.243 e. The molecule has 0 aromatic heterocycles. The number of carbonyl (C=O) groups excluding carboxylic acids is 2. The normalized spacial score (nSPS) is 12.5. The Labute approximate surface area is 218 Å². The molecule has 3 rings (SSSR count). The number of amides is 2. The molecule has 0 bridgehead atoms. The number of sulfonamides is 1. The van der Waals surface area contributed by atoms with Gasteiger partial charge in [0.15, 0.2) is 0 Å². The summed E-state index contributed by atoms with van der Waals surface area (Å²) in [6, 6.07) is 18.5. The molecule has 1 N–H and O–H groups in total. The molecule has 0 radical (unpaired) electrons. The minimum atomic E-state index is -3.93. The predicted octanol–water partition coefficient (Wildman–Crippen LogP) is 4.45. The summed E-state index contributed by atoms with van der Waals surface area (Å²) in [6.45, 7) is 3.92. The van der Waals surface area contributed by atoms with Gasteiger partial charge in [-0.1, -0.05) is 67.4 Å². The van der Waals surface area contributed by atoms with Crippen LogP contribution >= 0.6 is 11.6 Å². The third kappa shape index (κ3) is 6.84. The summed E-state index contributed by atoms with van der Waals surface area (Å²) < 4.78 is 27.6. The maximum Gasteiger partial charge on any atom is 0.243 e. The topological polar surface area (TPSA) is 86.8 Å². The third-order valence-electron chi connectivity index (χ3n) is 6.05. The Morgan fingerprint density at radius 1 is 1.00 bits per heavy atom. The number of fused-ring (bicyclic) bond motifs is 1. The quantitative estimate of drug-likeness (QED) is 0.372. The molecular formula is C27H32ClN3O4S. The lowest BCUT2D eigenvalue weighted by Gasteiger charge is -2.30. The summed E-state index contributed by atoms with van der Waals surface area (Å²) in [5, 5.41) is 5.13. The number of hydrogen-bond donors (Lipinski definition) is 1. The third-order valence-corrected chi connectivity index (χ3v) is 8.10. The molecule has 0 unspecified atom stereocenters. The minimum absolute atomic E-state index is 0.103. The molecule has 0 fully saturated rings. The molecule has 36 heavy (non-hydrogen) atoms. The zero-order valence-corrected chi connectivity index (χ0v) is 22.3. The molecule has 0 aliphatic heterocycles. The minimum Gasteiger partial charge on any atom is -0.354 e. The van der Waals surface area contributed by atoms with Crippen molar-refractivity contribution in [3.8, 4) is 0 Å². The van der Waals surface area contributed by atoms with E-state index in [2.05, 4.69) is 5.32 Å². The van der Waals surface area contributed by atoms with Gasteiger partial charge in [-0.3, -0.25) is 9.59 Å². The van der Waals surface area contributed by atoms with Gasteiger partial charge in [-0.15, -0.1) is 0 Å². The standard InChI is InChI=1S/C27H32ClN3O4S/c1-4-5-16-29-27(33)20(2)31(18-21-10-13-24(28)14-11-21)26(32)19-30(3)36(34,35)25-15-12-22-8-6-7-9-23(22)17-25/h6-15,17,20H,4-5,16,18-19H2,1-3H3,(H,29,33)/t20-/m1/s1. The lowest BCUT2D eigenvalue weighted by molar-refractivity contribution is -0.140. The number of nitrogens with zero attached hydrogens (tertiary/aromatic N) is 2. The SMILES string of the molecule is CCCCNC(=O)[C@@H](C)N(Cc1ccc(Cl)cc1)C(=O)CN(C)S(=O)(=O)c1ccc2ccccc2c1. The van der Waals surface area contributed by atoms with Crippen molar-refractivity contribution in [3.05, 3.63) is 77.3 Å². The molecule has 3 aromatic carbocycles. The molecule has 2 amide bonds. The fraction of sp³-hybridized carbons (Fsp3) is 0.333. The fourth-order valence-electron chi connectivity index (χ4n) is 3.78. The maximum atomic E-state index is 13.4. The van der Waals surface area contributed by atoms with Crippen LogP contribution in [0, 0.1) is 0 Å². The molecule has 7 nitrogen and oxygen atoms in total. The zero-order valence-electron chi connectivity index (χ0n) is 20.8. The number of likely N-dealkylation sites (N-methyl/N-ethyl adjacent to an activating group) is 1. The highest BCUT2D eigenvalue weighted by Gasteiger charge is 2.30. The average molecular weight is 530 g/mol. The van der Waals surface area contributed by atoms with Crippen LogP contribution < -0.4 is 5.32 Å². The predicted molar refractivity (Wildman–Crippen MR) is 143 cm³/mol. The van der Waals surface area contributed by atoms with E-state index in [1.807, 2.05) is 31.2 Å². The van der Waals surface area contributed by atoms with Gasteiger partial charge in [-0.25, -0.2) is 8.42 Å². The van der Waals surface area contributed by atoms with Crippen LogP contribution in [0.15, 0.2) is 71.6 Å². The summed E-state index contributed by atoms with van der Waals surface area (Å²) in [6.07, 6.45) is 1.76. The molecule has 0 saturated heterocycles. The van der Waals surface area contributed by atoms with Crippen molar-refractivity contribution in [2.75, 3.05) is 20.1 Å². The monoisotopic (exact) mass is 529 g/mol. The Morgan fingerprint density at radius 2 is 1.67 bits per heavy atom. The van der Waals surface area contributed by atoms with Crippen molar-refractivity contribution in [1.82, 2.24) is 14.5 Å². The second-order valence-corrected chi connectivity index (χ2v) is 11.2. The van der Waals surface area contributed by atoms with Crippen molar-refractivity contribution in [3.63, 3.8) is 0 Å². The van der Waals surface area contributed by atoms with Gasteiger partial charge in [0.25, 0.3) is 0 Å². The highest BCUT2D eigenvalue weighted by atomic mass is 35.5. The van der Waals surface area contributed by atoms with Crippen LogP contribution in [-0.4, -0.2) is 55.6 Å². The molecule has 1 atom stereocenters. The number of rotatable bonds is 11. The van der Waals surface area contributed by atoms with Crippen LogP contribution in [0.2, 0.25) is 5.02 Å². The van der Waals surface area contributed by atoms with Crippen LogP contribution in [0.3, 0.4) is 0 Å². The summed E-state index contributed by atoms with van der Waals surface area (Å²) in [5.41, 5.74) is 0.779. The van der Waals surface area contributed by atoms with Gasteiger partial charge in [0, 0.05) is 25.2 Å².